The lowest BCUT2D eigenvalue weighted by atomic mass is 9.82. The first-order valence-corrected chi connectivity index (χ1v) is 2.73. The average Bonchev–Trinajstić information content (AvgIpc) is 1.80. The van der Waals surface area contributed by atoms with E-state index < -0.39 is 17.5 Å². The lowest BCUT2D eigenvalue weighted by Crippen LogP contribution is -2.64. The molecule has 58 valence electrons. The van der Waals surface area contributed by atoms with Gasteiger partial charge in [0.05, 0.1) is 0 Å². The Morgan fingerprint density at radius 2 is 2.10 bits per heavy atom. The first-order valence-electron chi connectivity index (χ1n) is 2.73. The maximum Gasteiger partial charge on any atom is 0.404 e. The number of carbonyl (C=O) groups excluding carboxylic acids is 1. The number of amides is 1. The standard InChI is InChI=1S/C5H6F3NO/c1-4(5(6,7)8)2-9-3(4)10/h2H2,1H3,(H,9,10). The zero-order valence-electron chi connectivity index (χ0n) is 5.25. The third-order valence-electron chi connectivity index (χ3n) is 1.73. The Morgan fingerprint density at radius 1 is 1.60 bits per heavy atom. The molecule has 0 spiro atoms. The highest BCUT2D eigenvalue weighted by Crippen LogP contribution is 2.41. The van der Waals surface area contributed by atoms with E-state index in [1.54, 1.807) is 0 Å². The van der Waals surface area contributed by atoms with Gasteiger partial charge in [-0.2, -0.15) is 13.2 Å². The Labute approximate surface area is 55.4 Å². The molecular formula is C5H6F3NO. The van der Waals surface area contributed by atoms with Crippen LogP contribution in [0.4, 0.5) is 13.2 Å². The highest BCUT2D eigenvalue weighted by molar-refractivity contribution is 5.89. The molecule has 1 fully saturated rings. The fraction of sp³-hybridized carbons (Fsp3) is 0.800. The van der Waals surface area contributed by atoms with Gasteiger partial charge >= 0.3 is 6.18 Å². The summed E-state index contributed by atoms with van der Waals surface area (Å²) in [7, 11) is 0. The number of β-lactam (4-membered cyclic amide) rings is 1. The van der Waals surface area contributed by atoms with E-state index in [0.717, 1.165) is 6.92 Å². The Kier molecular flexibility index (Phi) is 1.21. The lowest BCUT2D eigenvalue weighted by molar-refractivity contribution is -0.229. The number of carbonyl (C=O) groups is 1. The van der Waals surface area contributed by atoms with Crippen LogP contribution in [0.1, 0.15) is 6.92 Å². The van der Waals surface area contributed by atoms with Gasteiger partial charge < -0.3 is 5.32 Å². The molecule has 1 aliphatic heterocycles. The second kappa shape index (κ2) is 1.65. The second-order valence-corrected chi connectivity index (χ2v) is 2.51. The van der Waals surface area contributed by atoms with Crippen molar-refractivity contribution in [2.45, 2.75) is 13.1 Å². The molecule has 1 heterocycles. The summed E-state index contributed by atoms with van der Waals surface area (Å²) < 4.78 is 35.6. The molecule has 0 bridgehead atoms. The number of hydrogen-bond acceptors (Lipinski definition) is 1. The second-order valence-electron chi connectivity index (χ2n) is 2.51. The van der Waals surface area contributed by atoms with Gasteiger partial charge in [-0.1, -0.05) is 0 Å². The number of hydrogen-bond donors (Lipinski definition) is 1. The van der Waals surface area contributed by atoms with Crippen LogP contribution in [-0.2, 0) is 4.79 Å². The summed E-state index contributed by atoms with van der Waals surface area (Å²) in [6, 6.07) is 0. The molecule has 1 saturated heterocycles. The van der Waals surface area contributed by atoms with Gasteiger partial charge in [0.2, 0.25) is 5.91 Å². The summed E-state index contributed by atoms with van der Waals surface area (Å²) in [5.41, 5.74) is -2.13. The van der Waals surface area contributed by atoms with E-state index in [1.165, 1.54) is 0 Å². The summed E-state index contributed by atoms with van der Waals surface area (Å²) in [6.07, 6.45) is -4.41. The zero-order valence-corrected chi connectivity index (χ0v) is 5.25. The van der Waals surface area contributed by atoms with Crippen LogP contribution in [0.2, 0.25) is 0 Å². The minimum absolute atomic E-state index is 0.296. The van der Waals surface area contributed by atoms with Crippen LogP contribution in [0.3, 0.4) is 0 Å². The van der Waals surface area contributed by atoms with Crippen LogP contribution in [0, 0.1) is 5.41 Å². The predicted octanol–water partition coefficient (Wildman–Crippen LogP) is 0.685. The molecule has 0 radical (unpaired) electrons. The Balaban J connectivity index is 2.80. The summed E-state index contributed by atoms with van der Waals surface area (Å²) in [6.45, 7) is 0.598. The van der Waals surface area contributed by atoms with E-state index in [0.29, 0.717) is 0 Å². The summed E-state index contributed by atoms with van der Waals surface area (Å²) in [5.74, 6) is -0.931. The van der Waals surface area contributed by atoms with Gasteiger partial charge in [-0.3, -0.25) is 4.79 Å². The first-order chi connectivity index (χ1) is 4.38. The van der Waals surface area contributed by atoms with Crippen LogP contribution in [0.15, 0.2) is 0 Å². The molecular weight excluding hydrogens is 147 g/mol. The maximum absolute atomic E-state index is 11.9. The van der Waals surface area contributed by atoms with E-state index in [4.69, 9.17) is 0 Å². The van der Waals surface area contributed by atoms with Gasteiger partial charge in [-0.05, 0) is 6.92 Å². The van der Waals surface area contributed by atoms with Gasteiger partial charge in [0.1, 0.15) is 0 Å². The fourth-order valence-corrected chi connectivity index (χ4v) is 0.655. The molecule has 5 heteroatoms. The monoisotopic (exact) mass is 153 g/mol. The third kappa shape index (κ3) is 0.693. The quantitative estimate of drug-likeness (QED) is 0.509. The molecule has 0 aromatic heterocycles. The van der Waals surface area contributed by atoms with Crippen molar-refractivity contribution in [3.8, 4) is 0 Å². The molecule has 1 atom stereocenters. The van der Waals surface area contributed by atoms with Crippen molar-refractivity contribution in [1.82, 2.24) is 5.32 Å². The molecule has 0 saturated carbocycles. The van der Waals surface area contributed by atoms with Crippen LogP contribution in [-0.4, -0.2) is 18.6 Å². The largest absolute Gasteiger partial charge is 0.404 e. The Bertz CT molecular complexity index is 176. The summed E-state index contributed by atoms with van der Waals surface area (Å²) >= 11 is 0. The van der Waals surface area contributed by atoms with Crippen molar-refractivity contribution in [1.29, 1.82) is 0 Å². The van der Waals surface area contributed by atoms with Crippen molar-refractivity contribution < 1.29 is 18.0 Å². The van der Waals surface area contributed by atoms with Crippen LogP contribution in [0.5, 0.6) is 0 Å². The van der Waals surface area contributed by atoms with Gasteiger partial charge in [0.25, 0.3) is 0 Å². The molecule has 0 aliphatic carbocycles. The number of nitrogens with one attached hydrogen (secondary N) is 1. The van der Waals surface area contributed by atoms with Crippen molar-refractivity contribution in [2.75, 3.05) is 6.54 Å². The summed E-state index contributed by atoms with van der Waals surface area (Å²) in [5, 5.41) is 2.05. The fourth-order valence-electron chi connectivity index (χ4n) is 0.655. The van der Waals surface area contributed by atoms with Gasteiger partial charge in [-0.25, -0.2) is 0 Å². The van der Waals surface area contributed by atoms with Crippen LogP contribution < -0.4 is 5.32 Å². The summed E-state index contributed by atoms with van der Waals surface area (Å²) in [4.78, 5) is 10.4. The van der Waals surface area contributed by atoms with E-state index in [2.05, 4.69) is 0 Å². The minimum atomic E-state index is -4.41. The molecule has 0 aromatic carbocycles. The van der Waals surface area contributed by atoms with E-state index in [1.807, 2.05) is 5.32 Å². The zero-order chi connectivity index (χ0) is 7.99. The van der Waals surface area contributed by atoms with Crippen molar-refractivity contribution >= 4 is 5.91 Å². The molecule has 0 aromatic rings. The highest BCUT2D eigenvalue weighted by atomic mass is 19.4. The van der Waals surface area contributed by atoms with Crippen LogP contribution >= 0.6 is 0 Å². The average molecular weight is 153 g/mol. The van der Waals surface area contributed by atoms with E-state index >= 15 is 0 Å². The van der Waals surface area contributed by atoms with Gasteiger partial charge in [0, 0.05) is 6.54 Å². The van der Waals surface area contributed by atoms with Gasteiger partial charge in [-0.15, -0.1) is 0 Å². The molecule has 10 heavy (non-hydrogen) atoms. The Morgan fingerprint density at radius 3 is 2.10 bits per heavy atom. The van der Waals surface area contributed by atoms with Crippen molar-refractivity contribution in [2.24, 2.45) is 5.41 Å². The number of halogens is 3. The van der Waals surface area contributed by atoms with Crippen molar-refractivity contribution in [3.63, 3.8) is 0 Å². The van der Waals surface area contributed by atoms with E-state index in [-0.39, 0.29) is 6.54 Å². The SMILES string of the molecule is CC1(C(F)(F)F)CNC1=O. The number of alkyl halides is 3. The molecule has 1 unspecified atom stereocenters. The van der Waals surface area contributed by atoms with Gasteiger partial charge in [0.15, 0.2) is 5.41 Å². The molecule has 1 amide bonds. The molecule has 2 nitrogen and oxygen atoms in total. The molecule has 1 rings (SSSR count). The topological polar surface area (TPSA) is 29.1 Å². The van der Waals surface area contributed by atoms with Crippen LogP contribution in [0.25, 0.3) is 0 Å². The molecule has 1 aliphatic rings. The van der Waals surface area contributed by atoms with E-state index in [9.17, 15) is 18.0 Å². The smallest absolute Gasteiger partial charge is 0.354 e. The highest BCUT2D eigenvalue weighted by Gasteiger charge is 2.61. The minimum Gasteiger partial charge on any atom is -0.354 e. The first kappa shape index (κ1) is 7.37. The molecule has 1 N–H and O–H groups in total. The third-order valence-corrected chi connectivity index (χ3v) is 1.73. The number of rotatable bonds is 0. The normalized spacial score (nSPS) is 33.0. The van der Waals surface area contributed by atoms with Crippen molar-refractivity contribution in [3.05, 3.63) is 0 Å². The Hall–Kier alpha value is -0.740. The predicted molar refractivity (Wildman–Crippen MR) is 27.2 cm³/mol. The lowest BCUT2D eigenvalue weighted by Gasteiger charge is -2.38. The maximum atomic E-state index is 11.9.